The Labute approximate surface area is 159 Å². The number of hydrogen-bond acceptors (Lipinski definition) is 5. The molecule has 0 radical (unpaired) electrons. The molecule has 0 bridgehead atoms. The highest BCUT2D eigenvalue weighted by Crippen LogP contribution is 2.33. The van der Waals surface area contributed by atoms with Crippen LogP contribution in [0.15, 0.2) is 0 Å². The lowest BCUT2D eigenvalue weighted by atomic mass is 10.0. The van der Waals surface area contributed by atoms with Crippen LogP contribution >= 0.6 is 11.8 Å². The number of amides is 3. The minimum atomic E-state index is -0.0343. The summed E-state index contributed by atoms with van der Waals surface area (Å²) >= 11 is 1.93. The van der Waals surface area contributed by atoms with Crippen molar-refractivity contribution < 1.29 is 19.1 Å². The number of carbonyl (C=O) groups is 2. The lowest BCUT2D eigenvalue weighted by molar-refractivity contribution is -0.121. The minimum absolute atomic E-state index is 0.00812. The number of urea groups is 1. The molecule has 7 nitrogen and oxygen atoms in total. The molecule has 26 heavy (non-hydrogen) atoms. The first-order valence-electron chi connectivity index (χ1n) is 9.91. The molecule has 0 unspecified atom stereocenters. The molecule has 3 aliphatic heterocycles. The SMILES string of the molecule is O=C(CCCC[C@H]1SC[C@H]2NC(=O)N[C@@H]21)NCCCCCC1OCCO1. The largest absolute Gasteiger partial charge is 0.356 e. The average molecular weight is 386 g/mol. The van der Waals surface area contributed by atoms with Crippen molar-refractivity contribution in [3.8, 4) is 0 Å². The Balaban J connectivity index is 1.14. The summed E-state index contributed by atoms with van der Waals surface area (Å²) in [7, 11) is 0. The third-order valence-corrected chi connectivity index (χ3v) is 6.72. The number of nitrogens with one attached hydrogen (secondary N) is 3. The van der Waals surface area contributed by atoms with Crippen molar-refractivity contribution in [3.05, 3.63) is 0 Å². The second-order valence-corrected chi connectivity index (χ2v) is 8.51. The number of unbranched alkanes of at least 4 members (excludes halogenated alkanes) is 3. The van der Waals surface area contributed by atoms with Crippen LogP contribution < -0.4 is 16.0 Å². The van der Waals surface area contributed by atoms with E-state index in [0.29, 0.717) is 24.9 Å². The van der Waals surface area contributed by atoms with Crippen molar-refractivity contribution in [3.63, 3.8) is 0 Å². The maximum atomic E-state index is 11.9. The number of thioether (sulfide) groups is 1. The molecule has 3 aliphatic rings. The molecule has 0 aromatic carbocycles. The van der Waals surface area contributed by atoms with Gasteiger partial charge in [0.1, 0.15) is 0 Å². The number of hydrogen-bond donors (Lipinski definition) is 3. The van der Waals surface area contributed by atoms with E-state index in [4.69, 9.17) is 9.47 Å². The molecule has 3 N–H and O–H groups in total. The fraction of sp³-hybridized carbons (Fsp3) is 0.889. The number of rotatable bonds is 11. The van der Waals surface area contributed by atoms with Crippen LogP contribution in [0, 0.1) is 0 Å². The van der Waals surface area contributed by atoms with Gasteiger partial charge in [-0.3, -0.25) is 4.79 Å². The van der Waals surface area contributed by atoms with Gasteiger partial charge < -0.3 is 25.4 Å². The maximum Gasteiger partial charge on any atom is 0.315 e. The van der Waals surface area contributed by atoms with Crippen LogP contribution in [0.25, 0.3) is 0 Å². The van der Waals surface area contributed by atoms with Gasteiger partial charge in [-0.2, -0.15) is 11.8 Å². The molecule has 3 fully saturated rings. The molecule has 0 spiro atoms. The smallest absolute Gasteiger partial charge is 0.315 e. The fourth-order valence-corrected chi connectivity index (χ4v) is 5.32. The summed E-state index contributed by atoms with van der Waals surface area (Å²) in [5, 5.41) is 9.46. The maximum absolute atomic E-state index is 11.9. The molecule has 3 amide bonds. The summed E-state index contributed by atoms with van der Waals surface area (Å²) in [5.41, 5.74) is 0. The molecule has 3 rings (SSSR count). The fourth-order valence-electron chi connectivity index (χ4n) is 3.78. The van der Waals surface area contributed by atoms with E-state index in [2.05, 4.69) is 16.0 Å². The normalized spacial score (nSPS) is 28.0. The van der Waals surface area contributed by atoms with Crippen LogP contribution in [0.1, 0.15) is 51.4 Å². The molecular weight excluding hydrogens is 354 g/mol. The lowest BCUT2D eigenvalue weighted by Crippen LogP contribution is -2.36. The quantitative estimate of drug-likeness (QED) is 0.373. The van der Waals surface area contributed by atoms with E-state index in [1.165, 1.54) is 0 Å². The molecule has 0 aromatic heterocycles. The second kappa shape index (κ2) is 10.4. The molecule has 0 aromatic rings. The summed E-state index contributed by atoms with van der Waals surface area (Å²) in [5.74, 6) is 1.15. The molecule has 148 valence electrons. The van der Waals surface area contributed by atoms with Crippen LogP contribution in [0.3, 0.4) is 0 Å². The summed E-state index contributed by atoms with van der Waals surface area (Å²) in [6.45, 7) is 2.19. The Morgan fingerprint density at radius 1 is 1.08 bits per heavy atom. The predicted molar refractivity (Wildman–Crippen MR) is 101 cm³/mol. The van der Waals surface area contributed by atoms with Gasteiger partial charge in [-0.25, -0.2) is 4.79 Å². The summed E-state index contributed by atoms with van der Waals surface area (Å²) in [4.78, 5) is 23.2. The van der Waals surface area contributed by atoms with Gasteiger partial charge in [-0.1, -0.05) is 12.8 Å². The minimum Gasteiger partial charge on any atom is -0.356 e. The number of ether oxygens (including phenoxy) is 2. The van der Waals surface area contributed by atoms with Crippen LogP contribution in [0.2, 0.25) is 0 Å². The average Bonchev–Trinajstić information content (AvgIpc) is 3.33. The van der Waals surface area contributed by atoms with E-state index >= 15 is 0 Å². The van der Waals surface area contributed by atoms with Crippen molar-refractivity contribution >= 4 is 23.7 Å². The zero-order valence-electron chi connectivity index (χ0n) is 15.3. The van der Waals surface area contributed by atoms with Crippen molar-refractivity contribution in [2.75, 3.05) is 25.5 Å². The van der Waals surface area contributed by atoms with E-state index in [-0.39, 0.29) is 30.3 Å². The summed E-state index contributed by atoms with van der Waals surface area (Å²) in [6.07, 6.45) is 7.72. The lowest BCUT2D eigenvalue weighted by Gasteiger charge is -2.16. The Kier molecular flexibility index (Phi) is 7.88. The van der Waals surface area contributed by atoms with Gasteiger partial charge in [0.15, 0.2) is 6.29 Å². The van der Waals surface area contributed by atoms with Crippen LogP contribution in [0.4, 0.5) is 4.79 Å². The van der Waals surface area contributed by atoms with Gasteiger partial charge in [-0.15, -0.1) is 0 Å². The van der Waals surface area contributed by atoms with Crippen molar-refractivity contribution in [2.45, 2.75) is 75.0 Å². The van der Waals surface area contributed by atoms with Crippen molar-refractivity contribution in [1.29, 1.82) is 0 Å². The highest BCUT2D eigenvalue weighted by molar-refractivity contribution is 8.00. The van der Waals surface area contributed by atoms with Gasteiger partial charge in [0, 0.05) is 24.0 Å². The van der Waals surface area contributed by atoms with Crippen LogP contribution in [0.5, 0.6) is 0 Å². The third-order valence-electron chi connectivity index (χ3n) is 5.21. The zero-order valence-corrected chi connectivity index (χ0v) is 16.2. The summed E-state index contributed by atoms with van der Waals surface area (Å²) in [6, 6.07) is 0.516. The topological polar surface area (TPSA) is 88.7 Å². The van der Waals surface area contributed by atoms with Gasteiger partial charge >= 0.3 is 6.03 Å². The summed E-state index contributed by atoms with van der Waals surface area (Å²) < 4.78 is 10.8. The highest BCUT2D eigenvalue weighted by Gasteiger charge is 2.42. The Morgan fingerprint density at radius 2 is 1.88 bits per heavy atom. The first-order chi connectivity index (χ1) is 12.7. The number of fused-ring (bicyclic) bond motifs is 1. The molecular formula is C18H31N3O4S. The van der Waals surface area contributed by atoms with Crippen LogP contribution in [-0.2, 0) is 14.3 Å². The molecule has 3 atom stereocenters. The molecule has 0 aliphatic carbocycles. The first-order valence-corrected chi connectivity index (χ1v) is 11.0. The van der Waals surface area contributed by atoms with Crippen LogP contribution in [-0.4, -0.2) is 61.1 Å². The molecule has 0 saturated carbocycles. The Morgan fingerprint density at radius 3 is 2.73 bits per heavy atom. The van der Waals surface area contributed by atoms with Crippen molar-refractivity contribution in [2.24, 2.45) is 0 Å². The standard InChI is InChI=1S/C18H31N3O4S/c22-15(19-9-5-1-2-8-16-24-10-11-25-16)7-4-3-6-14-17-13(12-26-14)20-18(23)21-17/h13-14,16-17H,1-12H2,(H,19,22)(H2,20,21,23)/t13-,14-,17+/m1/s1. The third kappa shape index (κ3) is 6.03. The van der Waals surface area contributed by atoms with Gasteiger partial charge in [0.05, 0.1) is 25.3 Å². The van der Waals surface area contributed by atoms with Gasteiger partial charge in [-0.05, 0) is 32.1 Å². The van der Waals surface area contributed by atoms with Gasteiger partial charge in [0.2, 0.25) is 5.91 Å². The second-order valence-electron chi connectivity index (χ2n) is 7.24. The predicted octanol–water partition coefficient (Wildman–Crippen LogP) is 1.76. The monoisotopic (exact) mass is 385 g/mol. The van der Waals surface area contributed by atoms with Gasteiger partial charge in [0.25, 0.3) is 0 Å². The molecule has 3 saturated heterocycles. The molecule has 3 heterocycles. The highest BCUT2D eigenvalue weighted by atomic mass is 32.2. The van der Waals surface area contributed by atoms with E-state index in [9.17, 15) is 9.59 Å². The van der Waals surface area contributed by atoms with E-state index in [1.54, 1.807) is 0 Å². The van der Waals surface area contributed by atoms with E-state index < -0.39 is 0 Å². The van der Waals surface area contributed by atoms with E-state index in [0.717, 1.165) is 57.2 Å². The van der Waals surface area contributed by atoms with E-state index in [1.807, 2.05) is 11.8 Å². The molecule has 8 heteroatoms. The first kappa shape index (κ1) is 19.8. The Hall–Kier alpha value is -0.990. The van der Waals surface area contributed by atoms with Crippen molar-refractivity contribution in [1.82, 2.24) is 16.0 Å². The zero-order chi connectivity index (χ0) is 18.2. The Bertz CT molecular complexity index is 473. The number of carbonyl (C=O) groups excluding carboxylic acids is 2.